The van der Waals surface area contributed by atoms with Crippen molar-refractivity contribution in [1.29, 1.82) is 0 Å². The van der Waals surface area contributed by atoms with Crippen molar-refractivity contribution in [3.63, 3.8) is 0 Å². The van der Waals surface area contributed by atoms with Gasteiger partial charge >= 0.3 is 0 Å². The van der Waals surface area contributed by atoms with E-state index in [2.05, 4.69) is 177 Å². The Balaban J connectivity index is 4.31. The van der Waals surface area contributed by atoms with E-state index >= 15 is 0 Å². The van der Waals surface area contributed by atoms with E-state index in [1.165, 1.54) is 83.5 Å². The first-order chi connectivity index (χ1) is 39.0. The topological polar surface area (TPSA) is 108 Å². The predicted molar refractivity (Wildman–Crippen MR) is 347 cm³/mol. The molecule has 0 aliphatic heterocycles. The molecule has 0 saturated heterocycles. The molecule has 3 unspecified atom stereocenters. The van der Waals surface area contributed by atoms with Crippen LogP contribution < -0.4 is 10.2 Å². The van der Waals surface area contributed by atoms with Crippen LogP contribution in [0.2, 0.25) is 0 Å². The molecule has 0 aromatic heterocycles. The zero-order valence-corrected chi connectivity index (χ0v) is 52.3. The monoisotopic (exact) mass is 1120 g/mol. The maximum atomic E-state index is 13.0. The van der Waals surface area contributed by atoms with Crippen LogP contribution in [0.4, 0.5) is 0 Å². The molecule has 0 aliphatic rings. The number of nitrogens with zero attached hydrogens (tertiary/aromatic N) is 1. The number of unbranched alkanes of at least 4 members (excludes halogenated alkanes) is 16. The lowest BCUT2D eigenvalue weighted by atomic mass is 10.0. The van der Waals surface area contributed by atoms with E-state index in [0.717, 1.165) is 109 Å². The number of carbonyl (C=O) groups excluding carboxylic acids is 1. The molecular formula is C71H117N2O6P. The summed E-state index contributed by atoms with van der Waals surface area (Å²) in [6, 6.07) is -0.941. The summed E-state index contributed by atoms with van der Waals surface area (Å²) in [5.74, 6) is -0.256. The largest absolute Gasteiger partial charge is 0.756 e. The molecule has 0 radical (unpaired) electrons. The van der Waals surface area contributed by atoms with Crippen LogP contribution in [-0.2, 0) is 18.4 Å². The van der Waals surface area contributed by atoms with E-state index in [1.807, 2.05) is 27.2 Å². The SMILES string of the molecule is CC/C=C\C/C=C\C/C=C\C/C=C\C/C=C\C/C=C\C/C=C\C/C=C\C/C=C\C/C=C\C/C=C\C/C=C\CCCCC(=O)NC(COP(=O)([O-])OCC[N+](C)(C)C)C(O)/C=C/CC/C=C/CCCCCCCCCCCCCCC. The van der Waals surface area contributed by atoms with Gasteiger partial charge < -0.3 is 28.8 Å². The number of hydrogen-bond acceptors (Lipinski definition) is 6. The van der Waals surface area contributed by atoms with Crippen molar-refractivity contribution in [3.05, 3.63) is 170 Å². The van der Waals surface area contributed by atoms with Crippen LogP contribution in [0.1, 0.15) is 219 Å². The number of phosphoric acid groups is 1. The summed E-state index contributed by atoms with van der Waals surface area (Å²) in [6.45, 7) is 4.46. The van der Waals surface area contributed by atoms with Crippen molar-refractivity contribution in [3.8, 4) is 0 Å². The van der Waals surface area contributed by atoms with Crippen molar-refractivity contribution >= 4 is 13.7 Å². The van der Waals surface area contributed by atoms with E-state index in [1.54, 1.807) is 6.08 Å². The highest BCUT2D eigenvalue weighted by molar-refractivity contribution is 7.45. The Bertz CT molecular complexity index is 1900. The third kappa shape index (κ3) is 61.5. The average Bonchev–Trinajstić information content (AvgIpc) is 3.42. The van der Waals surface area contributed by atoms with E-state index in [-0.39, 0.29) is 18.9 Å². The van der Waals surface area contributed by atoms with E-state index in [9.17, 15) is 19.4 Å². The molecule has 0 aliphatic carbocycles. The fraction of sp³-hybridized carbons (Fsp3) is 0.592. The minimum atomic E-state index is -4.63. The van der Waals surface area contributed by atoms with E-state index in [4.69, 9.17) is 9.05 Å². The molecule has 9 heteroatoms. The van der Waals surface area contributed by atoms with Crippen molar-refractivity contribution < 1.29 is 32.9 Å². The number of aliphatic hydroxyl groups excluding tert-OH is 1. The fourth-order valence-corrected chi connectivity index (χ4v) is 8.75. The zero-order valence-electron chi connectivity index (χ0n) is 51.5. The summed E-state index contributed by atoms with van der Waals surface area (Å²) in [7, 11) is 1.19. The summed E-state index contributed by atoms with van der Waals surface area (Å²) < 4.78 is 23.3. The lowest BCUT2D eigenvalue weighted by Gasteiger charge is -2.29. The van der Waals surface area contributed by atoms with Gasteiger partial charge in [0.1, 0.15) is 13.2 Å². The lowest BCUT2D eigenvalue weighted by molar-refractivity contribution is -0.870. The number of rotatable bonds is 55. The summed E-state index contributed by atoms with van der Waals surface area (Å²) >= 11 is 0. The second-order valence-electron chi connectivity index (χ2n) is 21.7. The fourth-order valence-electron chi connectivity index (χ4n) is 8.03. The molecule has 0 bridgehead atoms. The van der Waals surface area contributed by atoms with Gasteiger partial charge in [-0.2, -0.15) is 0 Å². The van der Waals surface area contributed by atoms with Crippen LogP contribution in [0.5, 0.6) is 0 Å². The van der Waals surface area contributed by atoms with E-state index in [0.29, 0.717) is 17.4 Å². The van der Waals surface area contributed by atoms with Gasteiger partial charge in [0.2, 0.25) is 5.91 Å². The van der Waals surface area contributed by atoms with Gasteiger partial charge in [-0.05, 0) is 122 Å². The molecule has 1 amide bonds. The zero-order chi connectivity index (χ0) is 58.4. The number of aliphatic hydroxyl groups is 1. The molecule has 2 N–H and O–H groups in total. The van der Waals surface area contributed by atoms with Crippen molar-refractivity contribution in [2.24, 2.45) is 0 Å². The van der Waals surface area contributed by atoms with E-state index < -0.39 is 26.6 Å². The Morgan fingerprint density at radius 3 is 1.16 bits per heavy atom. The predicted octanol–water partition coefficient (Wildman–Crippen LogP) is 19.3. The summed E-state index contributed by atoms with van der Waals surface area (Å²) in [6.07, 6.45) is 94.5. The Morgan fingerprint density at radius 2 is 0.775 bits per heavy atom. The summed E-state index contributed by atoms with van der Waals surface area (Å²) in [5.41, 5.74) is 0. The summed E-state index contributed by atoms with van der Waals surface area (Å²) in [5, 5.41) is 13.8. The number of amides is 1. The number of likely N-dealkylation sites (N-methyl/N-ethyl adjacent to an activating group) is 1. The minimum Gasteiger partial charge on any atom is -0.756 e. The van der Waals surface area contributed by atoms with Gasteiger partial charge in [0.15, 0.2) is 0 Å². The second kappa shape index (κ2) is 59.5. The van der Waals surface area contributed by atoms with Crippen LogP contribution in [0.15, 0.2) is 170 Å². The van der Waals surface area contributed by atoms with Gasteiger partial charge in [0.25, 0.3) is 7.82 Å². The molecule has 3 atom stereocenters. The molecule has 0 fully saturated rings. The van der Waals surface area contributed by atoms with Crippen molar-refractivity contribution in [2.45, 2.75) is 231 Å². The first kappa shape index (κ1) is 75.9. The maximum Gasteiger partial charge on any atom is 0.268 e. The minimum absolute atomic E-state index is 0.0243. The first-order valence-corrected chi connectivity index (χ1v) is 33.0. The van der Waals surface area contributed by atoms with Gasteiger partial charge in [-0.1, -0.05) is 261 Å². The van der Waals surface area contributed by atoms with Crippen LogP contribution in [-0.4, -0.2) is 68.5 Å². The van der Waals surface area contributed by atoms with Crippen LogP contribution in [0.3, 0.4) is 0 Å². The Morgan fingerprint density at radius 1 is 0.450 bits per heavy atom. The molecule has 0 aromatic rings. The molecule has 452 valence electrons. The third-order valence-electron chi connectivity index (χ3n) is 12.9. The Hall–Kier alpha value is -4.14. The summed E-state index contributed by atoms with van der Waals surface area (Å²) in [4.78, 5) is 25.5. The number of allylic oxidation sites excluding steroid dienone is 27. The van der Waals surface area contributed by atoms with Crippen LogP contribution in [0, 0.1) is 0 Å². The highest BCUT2D eigenvalue weighted by Crippen LogP contribution is 2.38. The average molecular weight is 1130 g/mol. The number of nitrogens with one attached hydrogen (secondary N) is 1. The number of phosphoric ester groups is 1. The van der Waals surface area contributed by atoms with Gasteiger partial charge in [0.05, 0.1) is 39.9 Å². The van der Waals surface area contributed by atoms with Gasteiger partial charge in [0, 0.05) is 6.42 Å². The normalized spacial score (nSPS) is 14.9. The third-order valence-corrected chi connectivity index (χ3v) is 13.9. The second-order valence-corrected chi connectivity index (χ2v) is 23.1. The smallest absolute Gasteiger partial charge is 0.268 e. The molecule has 0 rings (SSSR count). The van der Waals surface area contributed by atoms with Gasteiger partial charge in [-0.25, -0.2) is 0 Å². The highest BCUT2D eigenvalue weighted by Gasteiger charge is 2.23. The lowest BCUT2D eigenvalue weighted by Crippen LogP contribution is -2.45. The standard InChI is InChI=1S/C71H117N2O6P/c1-6-8-10-12-14-16-18-20-22-24-26-27-28-29-30-31-32-33-34-35-36-37-38-39-40-41-42-43-44-45-47-49-51-53-55-57-59-61-63-65-71(75)72-69(68-79-80(76,77)78-67-66-73(3,4)5)70(74)64-62-60-58-56-54-52-50-48-46-25-23-21-19-17-15-13-11-9-7-2/h8,10,14,16,20,22,26-27,29-30,32-33,35-36,38-39,41-42,44-45,49,51,54-57,62,64,69-70,74H,6-7,9,11-13,15,17-19,21,23-25,28,31,34,37,40,43,46-48,50,52-53,58-61,63,65-68H2,1-5H3,(H-,72,75,76,77)/b10-8-,16-14-,22-20-,27-26-,30-29-,33-32-,36-35-,39-38-,42-41-,45-44-,51-49-,56-54+,57-55-,64-62+. The Kier molecular flexibility index (Phi) is 56.4. The molecule has 80 heavy (non-hydrogen) atoms. The number of quaternary nitrogens is 1. The van der Waals surface area contributed by atoms with Crippen LogP contribution >= 0.6 is 7.82 Å². The molecule has 0 saturated carbocycles. The first-order valence-electron chi connectivity index (χ1n) is 31.5. The quantitative estimate of drug-likeness (QED) is 0.0272. The number of hydrogen-bond donors (Lipinski definition) is 2. The van der Waals surface area contributed by atoms with Gasteiger partial charge in [-0.3, -0.25) is 9.36 Å². The van der Waals surface area contributed by atoms with Gasteiger partial charge in [-0.15, -0.1) is 0 Å². The molecule has 0 spiro atoms. The Labute approximate surface area is 492 Å². The molecule has 0 aromatic carbocycles. The van der Waals surface area contributed by atoms with Crippen molar-refractivity contribution in [2.75, 3.05) is 40.9 Å². The molecule has 0 heterocycles. The molecular weight excluding hydrogens is 1010 g/mol. The van der Waals surface area contributed by atoms with Crippen molar-refractivity contribution in [1.82, 2.24) is 5.32 Å². The van der Waals surface area contributed by atoms with Crippen LogP contribution in [0.25, 0.3) is 0 Å². The maximum absolute atomic E-state index is 13.0. The molecule has 8 nitrogen and oxygen atoms in total. The highest BCUT2D eigenvalue weighted by atomic mass is 31.2. The number of carbonyl (C=O) groups is 1.